The van der Waals surface area contributed by atoms with E-state index in [1.54, 1.807) is 30.3 Å². The average Bonchev–Trinajstić information content (AvgIpc) is 3.33. The first-order chi connectivity index (χ1) is 33.6. The molecule has 0 amide bonds. The molecule has 1 N–H and O–H groups in total. The van der Waals surface area contributed by atoms with Crippen molar-refractivity contribution in [2.75, 3.05) is 0 Å². The van der Waals surface area contributed by atoms with Gasteiger partial charge >= 0.3 is 23.3 Å². The van der Waals surface area contributed by atoms with Crippen LogP contribution >= 0.6 is 0 Å². The van der Waals surface area contributed by atoms with Gasteiger partial charge in [-0.1, -0.05) is 230 Å². The Labute approximate surface area is 441 Å². The number of hydrogen-bond donors (Lipinski definition) is 1. The minimum Gasteiger partial charge on any atom is -0.550 e. The molecule has 8 nitrogen and oxygen atoms in total. The third kappa shape index (κ3) is 73.8. The van der Waals surface area contributed by atoms with Crippen molar-refractivity contribution in [2.45, 2.75) is 290 Å². The van der Waals surface area contributed by atoms with Crippen molar-refractivity contribution in [3.05, 3.63) is 72.4 Å². The van der Waals surface area contributed by atoms with Crippen molar-refractivity contribution in [3.63, 3.8) is 0 Å². The standard InChI is InChI=1S/3C18H34O2.C7H6O2.Al/c3*1-2-3-4-5-6-7-8-9-10-11-12-13-14-15-16-17-18(19)20;8-7(9)6-4-2-1-3-5-6;/h3*9-10H,2-8,11-17H2,1H3,(H,19,20);1-5H,(H,8,9);/q;;;;+3/p-3. The Morgan fingerprint density at radius 1 is 0.343 bits per heavy atom. The fourth-order valence-corrected chi connectivity index (χ4v) is 7.60. The molecule has 0 atom stereocenters. The first kappa shape index (κ1) is 73.4. The second-order valence-electron chi connectivity index (χ2n) is 18.8. The van der Waals surface area contributed by atoms with Gasteiger partial charge in [0.2, 0.25) is 0 Å². The molecule has 0 aliphatic carbocycles. The molecular formula is C61H105AlO8. The Hall–Kier alpha value is -3.15. The van der Waals surface area contributed by atoms with Crippen LogP contribution < -0.4 is 15.3 Å². The predicted molar refractivity (Wildman–Crippen MR) is 293 cm³/mol. The summed E-state index contributed by atoms with van der Waals surface area (Å²) < 4.78 is 0. The second kappa shape index (κ2) is 65.9. The van der Waals surface area contributed by atoms with Crippen LogP contribution in [0.5, 0.6) is 0 Å². The molecule has 0 aromatic heterocycles. The average molecular weight is 993 g/mol. The summed E-state index contributed by atoms with van der Waals surface area (Å²) in [5.41, 5.74) is 0.331. The summed E-state index contributed by atoms with van der Waals surface area (Å²) in [6.07, 6.45) is 62.7. The van der Waals surface area contributed by atoms with Gasteiger partial charge in [-0.2, -0.15) is 0 Å². The maximum Gasteiger partial charge on any atom is 3.00 e. The molecule has 0 saturated heterocycles. The van der Waals surface area contributed by atoms with Crippen LogP contribution in [-0.4, -0.2) is 46.3 Å². The molecule has 0 radical (unpaired) electrons. The molecular weight excluding hydrogens is 888 g/mol. The Balaban J connectivity index is -0.000000425. The summed E-state index contributed by atoms with van der Waals surface area (Å²) in [6, 6.07) is 8.30. The van der Waals surface area contributed by atoms with E-state index in [4.69, 9.17) is 5.11 Å². The van der Waals surface area contributed by atoms with Gasteiger partial charge in [-0.15, -0.1) is 0 Å². The van der Waals surface area contributed by atoms with Crippen molar-refractivity contribution in [1.82, 2.24) is 0 Å². The van der Waals surface area contributed by atoms with Crippen LogP contribution in [0, 0.1) is 0 Å². The van der Waals surface area contributed by atoms with E-state index in [1.165, 1.54) is 193 Å². The van der Waals surface area contributed by atoms with Crippen molar-refractivity contribution in [2.24, 2.45) is 0 Å². The quantitative estimate of drug-likeness (QED) is 0.0384. The molecule has 0 heterocycles. The molecule has 0 bridgehead atoms. The molecule has 70 heavy (non-hydrogen) atoms. The van der Waals surface area contributed by atoms with Gasteiger partial charge in [0.15, 0.2) is 0 Å². The summed E-state index contributed by atoms with van der Waals surface area (Å²) in [5.74, 6) is -3.62. The third-order valence-corrected chi connectivity index (χ3v) is 11.9. The minimum absolute atomic E-state index is 0. The molecule has 1 rings (SSSR count). The number of aromatic carboxylic acids is 1. The molecule has 1 aromatic carbocycles. The number of unbranched alkanes of at least 4 members (excludes halogenated alkanes) is 33. The number of carbonyl (C=O) groups excluding carboxylic acids is 3. The minimum atomic E-state index is -0.914. The van der Waals surface area contributed by atoms with E-state index in [9.17, 15) is 34.5 Å². The summed E-state index contributed by atoms with van der Waals surface area (Å²) in [7, 11) is 0. The van der Waals surface area contributed by atoms with Gasteiger partial charge in [0.1, 0.15) is 0 Å². The van der Waals surface area contributed by atoms with Gasteiger partial charge in [-0.05, 0) is 128 Å². The molecule has 0 spiro atoms. The van der Waals surface area contributed by atoms with E-state index < -0.39 is 23.9 Å². The molecule has 0 unspecified atom stereocenters. The number of carbonyl (C=O) groups is 4. The van der Waals surface area contributed by atoms with E-state index in [0.717, 1.165) is 57.8 Å². The van der Waals surface area contributed by atoms with E-state index in [2.05, 4.69) is 57.2 Å². The van der Waals surface area contributed by atoms with Crippen LogP contribution in [0.4, 0.5) is 0 Å². The molecule has 1 aromatic rings. The monoisotopic (exact) mass is 993 g/mol. The number of allylic oxidation sites excluding steroid dienone is 6. The molecule has 9 heteroatoms. The van der Waals surface area contributed by atoms with E-state index in [1.807, 2.05) is 0 Å². The van der Waals surface area contributed by atoms with Gasteiger partial charge in [0.05, 0.1) is 5.56 Å². The second-order valence-corrected chi connectivity index (χ2v) is 18.8. The number of benzene rings is 1. The Bertz CT molecular complexity index is 1190. The van der Waals surface area contributed by atoms with Crippen molar-refractivity contribution in [1.29, 1.82) is 0 Å². The molecule has 0 saturated carbocycles. The Morgan fingerprint density at radius 2 is 0.543 bits per heavy atom. The summed E-state index contributed by atoms with van der Waals surface area (Å²) in [5, 5.41) is 39.0. The van der Waals surface area contributed by atoms with Gasteiger partial charge in [0, 0.05) is 17.9 Å². The number of hydrogen-bond acceptors (Lipinski definition) is 7. The molecule has 400 valence electrons. The number of aliphatic carboxylic acids is 3. The predicted octanol–water partition coefficient (Wildman–Crippen LogP) is 15.3. The van der Waals surface area contributed by atoms with Gasteiger partial charge < -0.3 is 34.8 Å². The fourth-order valence-electron chi connectivity index (χ4n) is 7.60. The number of carboxylic acids is 4. The molecule has 0 aliphatic rings. The number of rotatable bonds is 46. The first-order valence-corrected chi connectivity index (χ1v) is 28.4. The van der Waals surface area contributed by atoms with Crippen LogP contribution in [0.15, 0.2) is 66.8 Å². The van der Waals surface area contributed by atoms with Gasteiger partial charge in [-0.25, -0.2) is 4.79 Å². The van der Waals surface area contributed by atoms with Crippen LogP contribution in [-0.2, 0) is 14.4 Å². The topological polar surface area (TPSA) is 158 Å². The zero-order valence-corrected chi connectivity index (χ0v) is 46.6. The van der Waals surface area contributed by atoms with Crippen molar-refractivity contribution >= 4 is 41.2 Å². The molecule has 0 fully saturated rings. The largest absolute Gasteiger partial charge is 3.00 e. The van der Waals surface area contributed by atoms with E-state index >= 15 is 0 Å². The SMILES string of the molecule is CCCCCCCCC=CCCCCCCCC(=O)[O-].CCCCCCCCC=CCCCCCCCC(=O)[O-].CCCCCCCCC=CCCCCCCCC(=O)[O-].O=C(O)c1ccccc1.[Al+3]. The first-order valence-electron chi connectivity index (χ1n) is 28.4. The zero-order valence-electron chi connectivity index (χ0n) is 45.4. The van der Waals surface area contributed by atoms with Gasteiger partial charge in [-0.3, -0.25) is 0 Å². The van der Waals surface area contributed by atoms with Crippen LogP contribution in [0.2, 0.25) is 0 Å². The summed E-state index contributed by atoms with van der Waals surface area (Å²) >= 11 is 0. The van der Waals surface area contributed by atoms with Crippen molar-refractivity contribution < 1.29 is 39.6 Å². The maximum atomic E-state index is 10.2. The normalized spacial score (nSPS) is 10.8. The number of carboxylic acid groups (broad SMARTS) is 4. The van der Waals surface area contributed by atoms with Crippen LogP contribution in [0.25, 0.3) is 0 Å². The van der Waals surface area contributed by atoms with E-state index in [0.29, 0.717) is 5.56 Å². The van der Waals surface area contributed by atoms with Crippen LogP contribution in [0.3, 0.4) is 0 Å². The van der Waals surface area contributed by atoms with E-state index in [-0.39, 0.29) is 36.6 Å². The summed E-state index contributed by atoms with van der Waals surface area (Å²) in [6.45, 7) is 6.77. The maximum absolute atomic E-state index is 10.2. The Kier molecular flexibility index (Phi) is 69.0. The third-order valence-electron chi connectivity index (χ3n) is 11.9. The van der Waals surface area contributed by atoms with Crippen molar-refractivity contribution in [3.8, 4) is 0 Å². The van der Waals surface area contributed by atoms with Gasteiger partial charge in [0.25, 0.3) is 0 Å². The van der Waals surface area contributed by atoms with Crippen LogP contribution in [0.1, 0.15) is 301 Å². The summed E-state index contributed by atoms with van der Waals surface area (Å²) in [4.78, 5) is 40.8. The zero-order chi connectivity index (χ0) is 51.4. The molecule has 0 aliphatic heterocycles. The fraction of sp³-hybridized carbons (Fsp3) is 0.738. The Morgan fingerprint density at radius 3 is 0.729 bits per heavy atom. The smallest absolute Gasteiger partial charge is 0.550 e.